The van der Waals surface area contributed by atoms with Crippen LogP contribution in [0.5, 0.6) is 11.5 Å². The number of hydrogen-bond acceptors (Lipinski definition) is 6. The second-order valence-corrected chi connectivity index (χ2v) is 8.09. The predicted molar refractivity (Wildman–Crippen MR) is 115 cm³/mol. The Morgan fingerprint density at radius 1 is 1.23 bits per heavy atom. The standard InChI is InChI=1S/C22H33N5O3/c1-16(2)23-22(28)19-15-27(25-24-19)12-10-18-7-5-6-11-26(18)14-17-8-9-20(29-3)21(13-17)30-4/h8-9,13,15-16,18H,5-7,10-12,14H2,1-4H3,(H,23,28)/t18-/m0/s1. The number of likely N-dealkylation sites (tertiary alicyclic amines) is 1. The maximum atomic E-state index is 12.1. The average molecular weight is 416 g/mol. The molecule has 8 heteroatoms. The van der Waals surface area contributed by atoms with Crippen molar-refractivity contribution in [1.29, 1.82) is 0 Å². The van der Waals surface area contributed by atoms with Crippen molar-refractivity contribution in [3.8, 4) is 11.5 Å². The van der Waals surface area contributed by atoms with Gasteiger partial charge in [0.05, 0.1) is 20.4 Å². The van der Waals surface area contributed by atoms with Gasteiger partial charge < -0.3 is 14.8 Å². The summed E-state index contributed by atoms with van der Waals surface area (Å²) in [7, 11) is 3.32. The summed E-state index contributed by atoms with van der Waals surface area (Å²) in [5, 5.41) is 11.0. The minimum Gasteiger partial charge on any atom is -0.493 e. The van der Waals surface area contributed by atoms with Gasteiger partial charge in [0.15, 0.2) is 17.2 Å². The second-order valence-electron chi connectivity index (χ2n) is 8.09. The summed E-state index contributed by atoms with van der Waals surface area (Å²) in [6.07, 6.45) is 6.34. The highest BCUT2D eigenvalue weighted by atomic mass is 16.5. The molecule has 0 bridgehead atoms. The minimum atomic E-state index is -0.177. The smallest absolute Gasteiger partial charge is 0.273 e. The zero-order chi connectivity index (χ0) is 21.5. The fourth-order valence-electron chi connectivity index (χ4n) is 3.94. The van der Waals surface area contributed by atoms with Gasteiger partial charge in [0.25, 0.3) is 5.91 Å². The summed E-state index contributed by atoms with van der Waals surface area (Å²) in [4.78, 5) is 14.6. The third-order valence-electron chi connectivity index (χ3n) is 5.47. The number of nitrogens with one attached hydrogen (secondary N) is 1. The molecule has 0 aliphatic carbocycles. The van der Waals surface area contributed by atoms with Crippen molar-refractivity contribution in [2.45, 2.75) is 64.7 Å². The Balaban J connectivity index is 1.60. The van der Waals surface area contributed by atoms with Crippen LogP contribution in [0.2, 0.25) is 0 Å². The van der Waals surface area contributed by atoms with Gasteiger partial charge in [-0.3, -0.25) is 14.4 Å². The van der Waals surface area contributed by atoms with E-state index < -0.39 is 0 Å². The number of nitrogens with zero attached hydrogens (tertiary/aromatic N) is 4. The van der Waals surface area contributed by atoms with E-state index in [-0.39, 0.29) is 11.9 Å². The fourth-order valence-corrected chi connectivity index (χ4v) is 3.94. The largest absolute Gasteiger partial charge is 0.493 e. The second kappa shape index (κ2) is 10.4. The van der Waals surface area contributed by atoms with Crippen molar-refractivity contribution >= 4 is 5.91 Å². The lowest BCUT2D eigenvalue weighted by Gasteiger charge is -2.36. The van der Waals surface area contributed by atoms with Crippen LogP contribution in [0.15, 0.2) is 24.4 Å². The predicted octanol–water partition coefficient (Wildman–Crippen LogP) is 2.88. The van der Waals surface area contributed by atoms with Crippen LogP contribution < -0.4 is 14.8 Å². The number of aryl methyl sites for hydroxylation is 1. The van der Waals surface area contributed by atoms with Crippen molar-refractivity contribution in [3.05, 3.63) is 35.7 Å². The maximum Gasteiger partial charge on any atom is 0.273 e. The van der Waals surface area contributed by atoms with Crippen molar-refractivity contribution in [2.24, 2.45) is 0 Å². The highest BCUT2D eigenvalue weighted by Gasteiger charge is 2.23. The summed E-state index contributed by atoms with van der Waals surface area (Å²) in [6, 6.07) is 6.68. The molecule has 30 heavy (non-hydrogen) atoms. The molecule has 1 fully saturated rings. The minimum absolute atomic E-state index is 0.0787. The number of hydrogen-bond donors (Lipinski definition) is 1. The molecule has 1 aromatic heterocycles. The van der Waals surface area contributed by atoms with E-state index in [0.29, 0.717) is 11.7 Å². The topological polar surface area (TPSA) is 81.5 Å². The number of carbonyl (C=O) groups excluding carboxylic acids is 1. The van der Waals surface area contributed by atoms with E-state index in [1.165, 1.54) is 24.8 Å². The van der Waals surface area contributed by atoms with Gasteiger partial charge in [-0.1, -0.05) is 17.7 Å². The first kappa shape index (κ1) is 22.1. The van der Waals surface area contributed by atoms with Gasteiger partial charge in [-0.05, 0) is 57.4 Å². The van der Waals surface area contributed by atoms with Gasteiger partial charge in [0.2, 0.25) is 0 Å². The lowest BCUT2D eigenvalue weighted by Crippen LogP contribution is -2.39. The molecule has 1 aliphatic rings. The number of methoxy groups -OCH3 is 2. The van der Waals surface area contributed by atoms with Gasteiger partial charge in [-0.25, -0.2) is 0 Å². The van der Waals surface area contributed by atoms with Gasteiger partial charge in [-0.15, -0.1) is 5.10 Å². The lowest BCUT2D eigenvalue weighted by molar-refractivity contribution is 0.0938. The Morgan fingerprint density at radius 3 is 2.77 bits per heavy atom. The normalized spacial score (nSPS) is 17.2. The molecule has 1 N–H and O–H groups in total. The van der Waals surface area contributed by atoms with Crippen molar-refractivity contribution < 1.29 is 14.3 Å². The first-order valence-electron chi connectivity index (χ1n) is 10.7. The molecule has 0 unspecified atom stereocenters. The quantitative estimate of drug-likeness (QED) is 0.678. The SMILES string of the molecule is COc1ccc(CN2CCCC[C@H]2CCn2cc(C(=O)NC(C)C)nn2)cc1OC. The molecule has 0 spiro atoms. The molecule has 1 atom stereocenters. The molecule has 0 saturated carbocycles. The molecule has 2 aromatic rings. The van der Waals surface area contributed by atoms with Gasteiger partial charge in [0.1, 0.15) is 0 Å². The highest BCUT2D eigenvalue weighted by molar-refractivity contribution is 5.91. The summed E-state index contributed by atoms with van der Waals surface area (Å²) in [6.45, 7) is 6.56. The summed E-state index contributed by atoms with van der Waals surface area (Å²) in [5.74, 6) is 1.34. The number of carbonyl (C=O) groups is 1. The number of aromatic nitrogens is 3. The van der Waals surface area contributed by atoms with Crippen LogP contribution in [0.3, 0.4) is 0 Å². The molecule has 2 heterocycles. The van der Waals surface area contributed by atoms with Crippen LogP contribution in [0.4, 0.5) is 0 Å². The number of piperidine rings is 1. The first-order valence-corrected chi connectivity index (χ1v) is 10.7. The molecule has 3 rings (SSSR count). The van der Waals surface area contributed by atoms with Gasteiger partial charge in [0, 0.05) is 25.2 Å². The summed E-state index contributed by atoms with van der Waals surface area (Å²) < 4.78 is 12.6. The van der Waals surface area contributed by atoms with Crippen molar-refractivity contribution in [3.63, 3.8) is 0 Å². The van der Waals surface area contributed by atoms with E-state index in [1.54, 1.807) is 25.1 Å². The third-order valence-corrected chi connectivity index (χ3v) is 5.47. The fraction of sp³-hybridized carbons (Fsp3) is 0.591. The maximum absolute atomic E-state index is 12.1. The summed E-state index contributed by atoms with van der Waals surface area (Å²) >= 11 is 0. The molecule has 1 aliphatic heterocycles. The third kappa shape index (κ3) is 5.72. The van der Waals surface area contributed by atoms with E-state index in [1.807, 2.05) is 19.9 Å². The number of ether oxygens (including phenoxy) is 2. The van der Waals surface area contributed by atoms with Crippen LogP contribution in [-0.2, 0) is 13.1 Å². The van der Waals surface area contributed by atoms with Crippen LogP contribution in [0.1, 0.15) is 55.6 Å². The Bertz CT molecular complexity index is 836. The summed E-state index contributed by atoms with van der Waals surface area (Å²) in [5.41, 5.74) is 1.59. The van der Waals surface area contributed by atoms with Gasteiger partial charge >= 0.3 is 0 Å². The number of rotatable bonds is 9. The van der Waals surface area contributed by atoms with Crippen molar-refractivity contribution in [2.75, 3.05) is 20.8 Å². The zero-order valence-corrected chi connectivity index (χ0v) is 18.4. The van der Waals surface area contributed by atoms with Crippen LogP contribution in [0.25, 0.3) is 0 Å². The monoisotopic (exact) mass is 415 g/mol. The molecule has 1 saturated heterocycles. The number of benzene rings is 1. The average Bonchev–Trinajstić information content (AvgIpc) is 3.22. The molecule has 8 nitrogen and oxygen atoms in total. The molecule has 1 aromatic carbocycles. The molecule has 164 valence electrons. The van der Waals surface area contributed by atoms with E-state index in [2.05, 4.69) is 32.7 Å². The van der Waals surface area contributed by atoms with E-state index >= 15 is 0 Å². The van der Waals surface area contributed by atoms with E-state index in [4.69, 9.17) is 9.47 Å². The van der Waals surface area contributed by atoms with E-state index in [9.17, 15) is 4.79 Å². The Hall–Kier alpha value is -2.61. The van der Waals surface area contributed by atoms with Crippen LogP contribution in [0, 0.1) is 0 Å². The number of amides is 1. The molecule has 1 amide bonds. The molecular weight excluding hydrogens is 382 g/mol. The first-order chi connectivity index (χ1) is 14.5. The van der Waals surface area contributed by atoms with Crippen LogP contribution >= 0.6 is 0 Å². The molecule has 0 radical (unpaired) electrons. The van der Waals surface area contributed by atoms with E-state index in [0.717, 1.165) is 37.6 Å². The Labute approximate surface area is 178 Å². The Morgan fingerprint density at radius 2 is 2.03 bits per heavy atom. The van der Waals surface area contributed by atoms with Crippen molar-refractivity contribution in [1.82, 2.24) is 25.2 Å². The Kier molecular flexibility index (Phi) is 7.68. The molecular formula is C22H33N5O3. The van der Waals surface area contributed by atoms with Gasteiger partial charge in [-0.2, -0.15) is 0 Å². The highest BCUT2D eigenvalue weighted by Crippen LogP contribution is 2.29. The van der Waals surface area contributed by atoms with Crippen LogP contribution in [-0.4, -0.2) is 58.6 Å². The zero-order valence-electron chi connectivity index (χ0n) is 18.4. The lowest BCUT2D eigenvalue weighted by atomic mass is 9.98.